The molecule has 2 rings (SSSR count). The Bertz CT molecular complexity index is 664. The first-order chi connectivity index (χ1) is 8.50. The summed E-state index contributed by atoms with van der Waals surface area (Å²) in [6, 6.07) is 2.42. The van der Waals surface area contributed by atoms with Gasteiger partial charge in [-0.15, -0.1) is 0 Å². The summed E-state index contributed by atoms with van der Waals surface area (Å²) in [4.78, 5) is 30.0. The van der Waals surface area contributed by atoms with Crippen molar-refractivity contribution in [3.05, 3.63) is 52.1 Å². The molecule has 0 saturated carbocycles. The van der Waals surface area contributed by atoms with Gasteiger partial charge in [0, 0.05) is 11.9 Å². The monoisotopic (exact) mass is 249 g/mol. The zero-order chi connectivity index (χ0) is 13.3. The van der Waals surface area contributed by atoms with E-state index in [0.29, 0.717) is 5.69 Å². The lowest BCUT2D eigenvalue weighted by Gasteiger charge is -2.08. The maximum absolute atomic E-state index is 12.8. The molecule has 0 amide bonds. The number of carboxylic acid groups (broad SMARTS) is 1. The number of pyridine rings is 1. The number of aromatic carboxylic acids is 1. The number of hydrogen-bond donors (Lipinski definition) is 1. The fraction of sp³-hybridized carbons (Fsp3) is 0.0909. The molecule has 0 unspecified atom stereocenters. The SMILES string of the molecule is Cc1cnc(C(=O)O)c(=O)n1-c1ccc(F)cn1. The average Bonchev–Trinajstić information content (AvgIpc) is 2.31. The van der Waals surface area contributed by atoms with Gasteiger partial charge in [-0.05, 0) is 19.1 Å². The van der Waals surface area contributed by atoms with Crippen LogP contribution in [0.5, 0.6) is 0 Å². The number of hydrogen-bond acceptors (Lipinski definition) is 4. The zero-order valence-electron chi connectivity index (χ0n) is 9.29. The Labute approximate surface area is 100 Å². The van der Waals surface area contributed by atoms with Gasteiger partial charge in [0.1, 0.15) is 11.6 Å². The third-order valence-corrected chi connectivity index (χ3v) is 2.28. The first-order valence-corrected chi connectivity index (χ1v) is 4.94. The smallest absolute Gasteiger partial charge is 0.360 e. The Morgan fingerprint density at radius 2 is 2.06 bits per heavy atom. The van der Waals surface area contributed by atoms with Gasteiger partial charge < -0.3 is 5.11 Å². The van der Waals surface area contributed by atoms with Crippen LogP contribution in [0.2, 0.25) is 0 Å². The van der Waals surface area contributed by atoms with E-state index in [-0.39, 0.29) is 5.82 Å². The summed E-state index contributed by atoms with van der Waals surface area (Å²) in [7, 11) is 0. The molecule has 92 valence electrons. The third kappa shape index (κ3) is 1.97. The molecule has 0 saturated heterocycles. The lowest BCUT2D eigenvalue weighted by molar-refractivity contribution is 0.0688. The van der Waals surface area contributed by atoms with Crippen LogP contribution in [-0.4, -0.2) is 25.6 Å². The number of carboxylic acids is 1. The summed E-state index contributed by atoms with van der Waals surface area (Å²) in [6.45, 7) is 1.57. The van der Waals surface area contributed by atoms with Gasteiger partial charge in [0.15, 0.2) is 0 Å². The second-order valence-electron chi connectivity index (χ2n) is 3.53. The number of rotatable bonds is 2. The average molecular weight is 249 g/mol. The van der Waals surface area contributed by atoms with E-state index < -0.39 is 23.0 Å². The van der Waals surface area contributed by atoms with E-state index >= 15 is 0 Å². The van der Waals surface area contributed by atoms with Crippen molar-refractivity contribution in [2.45, 2.75) is 6.92 Å². The predicted octanol–water partition coefficient (Wildman–Crippen LogP) is 0.773. The third-order valence-electron chi connectivity index (χ3n) is 2.28. The fourth-order valence-electron chi connectivity index (χ4n) is 1.47. The van der Waals surface area contributed by atoms with Crippen molar-refractivity contribution >= 4 is 5.97 Å². The van der Waals surface area contributed by atoms with Crippen LogP contribution in [0.25, 0.3) is 5.82 Å². The molecule has 0 atom stereocenters. The van der Waals surface area contributed by atoms with Crippen molar-refractivity contribution < 1.29 is 14.3 Å². The van der Waals surface area contributed by atoms with E-state index in [2.05, 4.69) is 9.97 Å². The molecule has 0 spiro atoms. The van der Waals surface area contributed by atoms with Crippen LogP contribution in [0.15, 0.2) is 29.3 Å². The molecule has 0 aliphatic heterocycles. The Balaban J connectivity index is 2.71. The summed E-state index contributed by atoms with van der Waals surface area (Å²) in [5.41, 5.74) is -1.00. The summed E-state index contributed by atoms with van der Waals surface area (Å²) >= 11 is 0. The first kappa shape index (κ1) is 11.9. The molecule has 2 heterocycles. The van der Waals surface area contributed by atoms with E-state index in [9.17, 15) is 14.0 Å². The highest BCUT2D eigenvalue weighted by Gasteiger charge is 2.15. The molecule has 0 fully saturated rings. The Kier molecular flexibility index (Phi) is 2.88. The highest BCUT2D eigenvalue weighted by molar-refractivity contribution is 5.84. The molecular weight excluding hydrogens is 241 g/mol. The molecule has 2 aromatic rings. The van der Waals surface area contributed by atoms with Crippen LogP contribution in [0.3, 0.4) is 0 Å². The van der Waals surface area contributed by atoms with Crippen molar-refractivity contribution in [3.8, 4) is 5.82 Å². The minimum atomic E-state index is -1.42. The standard InChI is InChI=1S/C11H8FN3O3/c1-6-4-14-9(11(17)18)10(16)15(6)8-3-2-7(12)5-13-8/h2-5H,1H3,(H,17,18). The normalized spacial score (nSPS) is 10.3. The lowest BCUT2D eigenvalue weighted by Crippen LogP contribution is -2.28. The van der Waals surface area contributed by atoms with Crippen LogP contribution < -0.4 is 5.56 Å². The van der Waals surface area contributed by atoms with Crippen LogP contribution in [0, 0.1) is 12.7 Å². The molecule has 0 bridgehead atoms. The van der Waals surface area contributed by atoms with Crippen LogP contribution in [-0.2, 0) is 0 Å². The molecule has 2 aromatic heterocycles. The summed E-state index contributed by atoms with van der Waals surface area (Å²) in [6.07, 6.45) is 2.19. The van der Waals surface area contributed by atoms with E-state index in [1.165, 1.54) is 12.3 Å². The molecule has 18 heavy (non-hydrogen) atoms. The molecular formula is C11H8FN3O3. The van der Waals surface area contributed by atoms with Crippen LogP contribution in [0.4, 0.5) is 4.39 Å². The van der Waals surface area contributed by atoms with Crippen LogP contribution >= 0.6 is 0 Å². The van der Waals surface area contributed by atoms with Gasteiger partial charge in [-0.3, -0.25) is 9.36 Å². The number of carbonyl (C=O) groups is 1. The van der Waals surface area contributed by atoms with Crippen molar-refractivity contribution in [2.75, 3.05) is 0 Å². The molecule has 1 N–H and O–H groups in total. The quantitative estimate of drug-likeness (QED) is 0.849. The topological polar surface area (TPSA) is 85.1 Å². The van der Waals surface area contributed by atoms with Gasteiger partial charge in [0.2, 0.25) is 5.69 Å². The summed E-state index contributed by atoms with van der Waals surface area (Å²) in [5, 5.41) is 8.82. The molecule has 0 aliphatic rings. The van der Waals surface area contributed by atoms with E-state index in [4.69, 9.17) is 5.11 Å². The molecule has 7 heteroatoms. The van der Waals surface area contributed by atoms with Crippen molar-refractivity contribution in [2.24, 2.45) is 0 Å². The van der Waals surface area contributed by atoms with Crippen molar-refractivity contribution in [1.82, 2.24) is 14.5 Å². The van der Waals surface area contributed by atoms with Crippen molar-refractivity contribution in [1.29, 1.82) is 0 Å². The van der Waals surface area contributed by atoms with Gasteiger partial charge in [-0.25, -0.2) is 19.2 Å². The van der Waals surface area contributed by atoms with E-state index in [1.807, 2.05) is 0 Å². The van der Waals surface area contributed by atoms with E-state index in [0.717, 1.165) is 16.8 Å². The molecule has 0 aromatic carbocycles. The number of aromatic nitrogens is 3. The summed E-state index contributed by atoms with van der Waals surface area (Å²) in [5.74, 6) is -1.82. The van der Waals surface area contributed by atoms with Gasteiger partial charge in [0.25, 0.3) is 5.56 Å². The highest BCUT2D eigenvalue weighted by atomic mass is 19.1. The second kappa shape index (κ2) is 4.36. The zero-order valence-corrected chi connectivity index (χ0v) is 9.29. The van der Waals surface area contributed by atoms with Gasteiger partial charge in [-0.1, -0.05) is 0 Å². The van der Waals surface area contributed by atoms with Crippen LogP contribution in [0.1, 0.15) is 16.2 Å². The number of aryl methyl sites for hydroxylation is 1. The number of halogens is 1. The molecule has 0 aliphatic carbocycles. The van der Waals surface area contributed by atoms with Gasteiger partial charge in [-0.2, -0.15) is 0 Å². The highest BCUT2D eigenvalue weighted by Crippen LogP contribution is 2.05. The maximum Gasteiger partial charge on any atom is 0.360 e. The Morgan fingerprint density at radius 1 is 1.33 bits per heavy atom. The molecule has 0 radical (unpaired) electrons. The fourth-order valence-corrected chi connectivity index (χ4v) is 1.47. The van der Waals surface area contributed by atoms with E-state index in [1.54, 1.807) is 6.92 Å². The second-order valence-corrected chi connectivity index (χ2v) is 3.53. The largest absolute Gasteiger partial charge is 0.476 e. The lowest BCUT2D eigenvalue weighted by atomic mass is 10.3. The first-order valence-electron chi connectivity index (χ1n) is 4.94. The Morgan fingerprint density at radius 3 is 2.61 bits per heavy atom. The minimum absolute atomic E-state index is 0.142. The summed E-state index contributed by atoms with van der Waals surface area (Å²) < 4.78 is 13.8. The Hall–Kier alpha value is -2.57. The van der Waals surface area contributed by atoms with Gasteiger partial charge in [0.05, 0.1) is 6.20 Å². The number of nitrogens with zero attached hydrogens (tertiary/aromatic N) is 3. The maximum atomic E-state index is 12.8. The van der Waals surface area contributed by atoms with Gasteiger partial charge >= 0.3 is 5.97 Å². The predicted molar refractivity (Wildman–Crippen MR) is 59.3 cm³/mol. The minimum Gasteiger partial charge on any atom is -0.476 e. The van der Waals surface area contributed by atoms with Crippen molar-refractivity contribution in [3.63, 3.8) is 0 Å². The molecule has 6 nitrogen and oxygen atoms in total.